The van der Waals surface area contributed by atoms with Crippen molar-refractivity contribution < 1.29 is 4.79 Å². The fourth-order valence-electron chi connectivity index (χ4n) is 1.87. The Morgan fingerprint density at radius 2 is 1.95 bits per heavy atom. The Morgan fingerprint density at radius 3 is 2.58 bits per heavy atom. The molecule has 0 radical (unpaired) electrons. The fraction of sp³-hybridized carbons (Fsp3) is 0.250. The second kappa shape index (κ2) is 6.14. The molecule has 0 aliphatic carbocycles. The number of pyridine rings is 1. The van der Waals surface area contributed by atoms with Gasteiger partial charge in [-0.15, -0.1) is 0 Å². The number of carbonyl (C=O) groups excluding carboxylic acids is 1. The summed E-state index contributed by atoms with van der Waals surface area (Å²) in [4.78, 5) is 15.9. The number of anilines is 1. The summed E-state index contributed by atoms with van der Waals surface area (Å²) in [6, 6.07) is 11.6. The minimum Gasteiger partial charge on any atom is -0.379 e. The zero-order chi connectivity index (χ0) is 13.7. The van der Waals surface area contributed by atoms with Crippen molar-refractivity contribution in [2.75, 3.05) is 5.32 Å². The number of rotatable bonds is 5. The molecule has 0 saturated carbocycles. The van der Waals surface area contributed by atoms with Crippen LogP contribution in [-0.4, -0.2) is 10.8 Å². The van der Waals surface area contributed by atoms with Crippen molar-refractivity contribution in [3.63, 3.8) is 0 Å². The van der Waals surface area contributed by atoms with Crippen LogP contribution in [0.15, 0.2) is 42.6 Å². The third-order valence-corrected chi connectivity index (χ3v) is 3.11. The number of aromatic nitrogens is 1. The molecule has 2 rings (SSSR count). The molecule has 1 aromatic heterocycles. The molecule has 0 amide bonds. The molecule has 1 N–H and O–H groups in total. The molecule has 0 aliphatic rings. The third-order valence-electron chi connectivity index (χ3n) is 3.11. The molecule has 0 spiro atoms. The maximum absolute atomic E-state index is 11.5. The van der Waals surface area contributed by atoms with E-state index in [1.165, 1.54) is 5.56 Å². The summed E-state index contributed by atoms with van der Waals surface area (Å²) >= 11 is 0. The van der Waals surface area contributed by atoms with E-state index in [2.05, 4.69) is 10.3 Å². The maximum Gasteiger partial charge on any atom is 0.162 e. The van der Waals surface area contributed by atoms with Crippen LogP contribution < -0.4 is 5.32 Å². The van der Waals surface area contributed by atoms with Crippen LogP contribution in [0.2, 0.25) is 0 Å². The zero-order valence-corrected chi connectivity index (χ0v) is 11.3. The van der Waals surface area contributed by atoms with E-state index < -0.39 is 0 Å². The monoisotopic (exact) mass is 254 g/mol. The van der Waals surface area contributed by atoms with Gasteiger partial charge >= 0.3 is 0 Å². The van der Waals surface area contributed by atoms with E-state index in [1.807, 2.05) is 50.2 Å². The van der Waals surface area contributed by atoms with Crippen molar-refractivity contribution in [2.45, 2.75) is 26.8 Å². The number of benzene rings is 1. The Morgan fingerprint density at radius 1 is 1.21 bits per heavy atom. The number of ketones is 1. The quantitative estimate of drug-likeness (QED) is 0.829. The second-order valence-electron chi connectivity index (χ2n) is 4.47. The van der Waals surface area contributed by atoms with E-state index in [9.17, 15) is 4.79 Å². The molecule has 0 fully saturated rings. The summed E-state index contributed by atoms with van der Waals surface area (Å²) < 4.78 is 0. The van der Waals surface area contributed by atoms with Crippen LogP contribution in [0.1, 0.15) is 35.0 Å². The highest BCUT2D eigenvalue weighted by atomic mass is 16.1. The highest BCUT2D eigenvalue weighted by molar-refractivity contribution is 5.96. The Labute approximate surface area is 113 Å². The minimum absolute atomic E-state index is 0.173. The van der Waals surface area contributed by atoms with Gasteiger partial charge in [0.2, 0.25) is 0 Å². The molecule has 1 heterocycles. The number of carbonyl (C=O) groups is 1. The van der Waals surface area contributed by atoms with Gasteiger partial charge in [-0.3, -0.25) is 9.78 Å². The average Bonchev–Trinajstić information content (AvgIpc) is 2.46. The number of hydrogen-bond acceptors (Lipinski definition) is 3. The first-order chi connectivity index (χ1) is 9.20. The van der Waals surface area contributed by atoms with Crippen LogP contribution >= 0.6 is 0 Å². The van der Waals surface area contributed by atoms with E-state index in [0.717, 1.165) is 16.9 Å². The Bertz CT molecular complexity index is 561. The van der Waals surface area contributed by atoms with Gasteiger partial charge in [0.25, 0.3) is 0 Å². The van der Waals surface area contributed by atoms with Gasteiger partial charge in [0, 0.05) is 23.9 Å². The first-order valence-corrected chi connectivity index (χ1v) is 6.48. The number of aryl methyl sites for hydroxylation is 1. The highest BCUT2D eigenvalue weighted by Gasteiger charge is 2.03. The van der Waals surface area contributed by atoms with Crippen LogP contribution in [-0.2, 0) is 6.54 Å². The Balaban J connectivity index is 2.01. The topological polar surface area (TPSA) is 42.0 Å². The van der Waals surface area contributed by atoms with E-state index >= 15 is 0 Å². The minimum atomic E-state index is 0.173. The molecule has 0 saturated heterocycles. The molecule has 0 bridgehead atoms. The van der Waals surface area contributed by atoms with Gasteiger partial charge in [0.15, 0.2) is 5.78 Å². The van der Waals surface area contributed by atoms with Crippen LogP contribution in [0.5, 0.6) is 0 Å². The van der Waals surface area contributed by atoms with Gasteiger partial charge in [-0.25, -0.2) is 0 Å². The lowest BCUT2D eigenvalue weighted by molar-refractivity contribution is 0.0988. The number of nitrogens with zero attached hydrogens (tertiary/aromatic N) is 1. The van der Waals surface area contributed by atoms with E-state index in [4.69, 9.17) is 0 Å². The first-order valence-electron chi connectivity index (χ1n) is 6.48. The molecule has 3 heteroatoms. The summed E-state index contributed by atoms with van der Waals surface area (Å²) in [5.41, 5.74) is 3.98. The maximum atomic E-state index is 11.5. The zero-order valence-electron chi connectivity index (χ0n) is 11.3. The van der Waals surface area contributed by atoms with Crippen LogP contribution in [0.3, 0.4) is 0 Å². The van der Waals surface area contributed by atoms with Gasteiger partial charge in [-0.05, 0) is 42.8 Å². The largest absolute Gasteiger partial charge is 0.379 e. The molecule has 98 valence electrons. The number of nitrogens with one attached hydrogen (secondary N) is 1. The van der Waals surface area contributed by atoms with Crippen LogP contribution in [0, 0.1) is 6.92 Å². The second-order valence-corrected chi connectivity index (χ2v) is 4.47. The molecular weight excluding hydrogens is 236 g/mol. The predicted octanol–water partition coefficient (Wildman–Crippen LogP) is 3.59. The van der Waals surface area contributed by atoms with Crippen molar-refractivity contribution in [2.24, 2.45) is 0 Å². The molecule has 19 heavy (non-hydrogen) atoms. The molecule has 3 nitrogen and oxygen atoms in total. The smallest absolute Gasteiger partial charge is 0.162 e. The molecule has 2 aromatic rings. The first kappa shape index (κ1) is 13.3. The summed E-state index contributed by atoms with van der Waals surface area (Å²) in [6.45, 7) is 4.61. The summed E-state index contributed by atoms with van der Waals surface area (Å²) in [5.74, 6) is 0.173. The number of Topliss-reactive ketones (excluding diaryl/α,β-unsaturated/α-hetero) is 1. The molecule has 0 unspecified atom stereocenters. The standard InChI is InChI=1S/C16H18N2O/c1-3-16(19)13-6-8-14(9-7-13)18-11-15-12(2)5-4-10-17-15/h4-10,18H,3,11H2,1-2H3. The molecule has 1 aromatic carbocycles. The van der Waals surface area contributed by atoms with Crippen molar-refractivity contribution in [3.8, 4) is 0 Å². The van der Waals surface area contributed by atoms with E-state index in [-0.39, 0.29) is 5.78 Å². The van der Waals surface area contributed by atoms with Gasteiger partial charge < -0.3 is 5.32 Å². The van der Waals surface area contributed by atoms with Gasteiger partial charge in [-0.2, -0.15) is 0 Å². The van der Waals surface area contributed by atoms with Crippen molar-refractivity contribution in [1.82, 2.24) is 4.98 Å². The number of hydrogen-bond donors (Lipinski definition) is 1. The lowest BCUT2D eigenvalue weighted by atomic mass is 10.1. The summed E-state index contributed by atoms with van der Waals surface area (Å²) in [7, 11) is 0. The molecule has 0 aliphatic heterocycles. The van der Waals surface area contributed by atoms with Crippen molar-refractivity contribution in [3.05, 3.63) is 59.4 Å². The Hall–Kier alpha value is -2.16. The lowest BCUT2D eigenvalue weighted by Gasteiger charge is -2.08. The van der Waals surface area contributed by atoms with Crippen molar-refractivity contribution in [1.29, 1.82) is 0 Å². The predicted molar refractivity (Wildman–Crippen MR) is 77.4 cm³/mol. The third kappa shape index (κ3) is 3.41. The normalized spacial score (nSPS) is 10.2. The fourth-order valence-corrected chi connectivity index (χ4v) is 1.87. The highest BCUT2D eigenvalue weighted by Crippen LogP contribution is 2.13. The van der Waals surface area contributed by atoms with Gasteiger partial charge in [0.05, 0.1) is 12.2 Å². The van der Waals surface area contributed by atoms with Crippen LogP contribution in [0.25, 0.3) is 0 Å². The molecular formula is C16H18N2O. The van der Waals surface area contributed by atoms with Gasteiger partial charge in [0.1, 0.15) is 0 Å². The lowest BCUT2D eigenvalue weighted by Crippen LogP contribution is -2.04. The van der Waals surface area contributed by atoms with Crippen molar-refractivity contribution >= 4 is 11.5 Å². The molecule has 0 atom stereocenters. The van der Waals surface area contributed by atoms with Gasteiger partial charge in [-0.1, -0.05) is 13.0 Å². The average molecular weight is 254 g/mol. The summed E-state index contributed by atoms with van der Waals surface area (Å²) in [6.07, 6.45) is 2.34. The SMILES string of the molecule is CCC(=O)c1ccc(NCc2ncccc2C)cc1. The summed E-state index contributed by atoms with van der Waals surface area (Å²) in [5, 5.41) is 3.31. The van der Waals surface area contributed by atoms with E-state index in [1.54, 1.807) is 6.20 Å². The Kier molecular flexibility index (Phi) is 4.29. The van der Waals surface area contributed by atoms with E-state index in [0.29, 0.717) is 13.0 Å². The van der Waals surface area contributed by atoms with Crippen LogP contribution in [0.4, 0.5) is 5.69 Å².